The van der Waals surface area contributed by atoms with E-state index in [0.717, 1.165) is 17.2 Å². The van der Waals surface area contributed by atoms with Crippen LogP contribution in [0.1, 0.15) is 23.2 Å². The van der Waals surface area contributed by atoms with E-state index < -0.39 is 11.9 Å². The molecule has 0 unspecified atom stereocenters. The van der Waals surface area contributed by atoms with Crippen molar-refractivity contribution in [2.75, 3.05) is 23.8 Å². The Morgan fingerprint density at radius 2 is 1.76 bits per heavy atom. The summed E-state index contributed by atoms with van der Waals surface area (Å²) in [4.78, 5) is 7.56. The predicted molar refractivity (Wildman–Crippen MR) is 91.4 cm³/mol. The number of aromatic nitrogens is 2. The van der Waals surface area contributed by atoms with E-state index >= 15 is 0 Å². The van der Waals surface area contributed by atoms with Gasteiger partial charge in [-0.2, -0.15) is 18.2 Å². The number of hydrogen-bond donors (Lipinski definition) is 3. The lowest BCUT2D eigenvalue weighted by molar-refractivity contribution is -0.141. The van der Waals surface area contributed by atoms with Gasteiger partial charge in [0.05, 0.1) is 0 Å². The van der Waals surface area contributed by atoms with Gasteiger partial charge in [-0.25, -0.2) is 4.98 Å². The van der Waals surface area contributed by atoms with Crippen LogP contribution >= 0.6 is 11.6 Å². The van der Waals surface area contributed by atoms with Gasteiger partial charge in [-0.15, -0.1) is 0 Å². The number of aryl methyl sites for hydroxylation is 2. The van der Waals surface area contributed by atoms with Crippen molar-refractivity contribution in [1.29, 1.82) is 0 Å². The number of halogens is 4. The zero-order chi connectivity index (χ0) is 18.6. The fraction of sp³-hybridized carbons (Fsp3) is 0.375. The minimum Gasteiger partial charge on any atom is -0.396 e. The van der Waals surface area contributed by atoms with Gasteiger partial charge < -0.3 is 15.7 Å². The first-order chi connectivity index (χ1) is 11.7. The van der Waals surface area contributed by atoms with Crippen LogP contribution in [0.25, 0.3) is 0 Å². The van der Waals surface area contributed by atoms with Crippen LogP contribution in [0, 0.1) is 13.8 Å². The van der Waals surface area contributed by atoms with E-state index in [1.165, 1.54) is 0 Å². The standard InChI is InChI=1S/C16H18ClF3N4O/c1-9-6-11(17)7-10(2)14(9)23-13-8-12(16(18,19)20)22-15(24-13)21-4-3-5-25/h6-8,25H,3-5H2,1-2H3,(H2,21,22,23,24). The molecule has 1 aromatic heterocycles. The van der Waals surface area contributed by atoms with Gasteiger partial charge in [0.25, 0.3) is 0 Å². The minimum atomic E-state index is -4.60. The molecule has 0 saturated carbocycles. The molecule has 0 fully saturated rings. The lowest BCUT2D eigenvalue weighted by Crippen LogP contribution is -2.14. The Morgan fingerprint density at radius 1 is 1.12 bits per heavy atom. The largest absolute Gasteiger partial charge is 0.433 e. The van der Waals surface area contributed by atoms with Gasteiger partial charge in [0.15, 0.2) is 5.69 Å². The maximum absolute atomic E-state index is 13.1. The molecule has 2 rings (SSSR count). The molecule has 0 bridgehead atoms. The molecule has 0 amide bonds. The van der Waals surface area contributed by atoms with Crippen molar-refractivity contribution in [1.82, 2.24) is 9.97 Å². The topological polar surface area (TPSA) is 70.1 Å². The van der Waals surface area contributed by atoms with E-state index in [1.807, 2.05) is 0 Å². The lowest BCUT2D eigenvalue weighted by atomic mass is 10.1. The summed E-state index contributed by atoms with van der Waals surface area (Å²) in [5, 5.41) is 14.9. The van der Waals surface area contributed by atoms with Gasteiger partial charge in [-0.05, 0) is 43.5 Å². The van der Waals surface area contributed by atoms with Gasteiger partial charge >= 0.3 is 6.18 Å². The molecule has 0 saturated heterocycles. The number of alkyl halides is 3. The van der Waals surface area contributed by atoms with E-state index in [1.54, 1.807) is 26.0 Å². The van der Waals surface area contributed by atoms with Gasteiger partial charge in [0.2, 0.25) is 5.95 Å². The fourth-order valence-corrected chi connectivity index (χ4v) is 2.58. The van der Waals surface area contributed by atoms with Crippen molar-refractivity contribution in [3.05, 3.63) is 40.0 Å². The van der Waals surface area contributed by atoms with Crippen LogP contribution in [-0.4, -0.2) is 28.2 Å². The Kier molecular flexibility index (Phi) is 6.07. The number of nitrogens with zero attached hydrogens (tertiary/aromatic N) is 2. The van der Waals surface area contributed by atoms with Crippen LogP contribution in [0.5, 0.6) is 0 Å². The van der Waals surface area contributed by atoms with Crippen molar-refractivity contribution >= 4 is 29.1 Å². The van der Waals surface area contributed by atoms with Crippen molar-refractivity contribution in [2.24, 2.45) is 0 Å². The quantitative estimate of drug-likeness (QED) is 0.657. The van der Waals surface area contributed by atoms with E-state index in [9.17, 15) is 13.2 Å². The molecule has 5 nitrogen and oxygen atoms in total. The van der Waals surface area contributed by atoms with Crippen LogP contribution in [0.4, 0.5) is 30.6 Å². The molecule has 0 atom stereocenters. The highest BCUT2D eigenvalue weighted by Gasteiger charge is 2.33. The SMILES string of the molecule is Cc1cc(Cl)cc(C)c1Nc1cc(C(F)(F)F)nc(NCCCO)n1. The first-order valence-corrected chi connectivity index (χ1v) is 7.93. The van der Waals surface area contributed by atoms with E-state index in [-0.39, 0.29) is 24.9 Å². The fourth-order valence-electron chi connectivity index (χ4n) is 2.25. The molecule has 0 aliphatic rings. The van der Waals surface area contributed by atoms with E-state index in [4.69, 9.17) is 16.7 Å². The second-order valence-corrected chi connectivity index (χ2v) is 5.94. The maximum atomic E-state index is 13.1. The summed E-state index contributed by atoms with van der Waals surface area (Å²) in [7, 11) is 0. The van der Waals surface area contributed by atoms with Crippen LogP contribution in [0.2, 0.25) is 5.02 Å². The van der Waals surface area contributed by atoms with Crippen molar-refractivity contribution in [3.8, 4) is 0 Å². The summed E-state index contributed by atoms with van der Waals surface area (Å²) in [5.74, 6) is -0.141. The first kappa shape index (κ1) is 19.3. The predicted octanol–water partition coefficient (Wildman–Crippen LogP) is 4.30. The third kappa shape index (κ3) is 5.20. The number of benzene rings is 1. The average molecular weight is 375 g/mol. The number of aliphatic hydroxyl groups is 1. The first-order valence-electron chi connectivity index (χ1n) is 7.55. The van der Waals surface area contributed by atoms with Crippen LogP contribution in [-0.2, 0) is 6.18 Å². The molecule has 136 valence electrons. The average Bonchev–Trinajstić information content (AvgIpc) is 2.50. The summed E-state index contributed by atoms with van der Waals surface area (Å²) >= 11 is 5.97. The smallest absolute Gasteiger partial charge is 0.396 e. The van der Waals surface area contributed by atoms with Crippen LogP contribution in [0.3, 0.4) is 0 Å². The Balaban J connectivity index is 2.37. The zero-order valence-corrected chi connectivity index (χ0v) is 14.5. The minimum absolute atomic E-state index is 0.0161. The number of hydrogen-bond acceptors (Lipinski definition) is 5. The van der Waals surface area contributed by atoms with E-state index in [2.05, 4.69) is 20.6 Å². The van der Waals surface area contributed by atoms with Gasteiger partial charge in [-0.3, -0.25) is 0 Å². The third-order valence-electron chi connectivity index (χ3n) is 3.39. The Morgan fingerprint density at radius 3 is 2.32 bits per heavy atom. The molecular formula is C16H18ClF3N4O. The van der Waals surface area contributed by atoms with Crippen molar-refractivity contribution in [2.45, 2.75) is 26.4 Å². The van der Waals surface area contributed by atoms with Crippen molar-refractivity contribution < 1.29 is 18.3 Å². The molecule has 0 spiro atoms. The molecule has 3 N–H and O–H groups in total. The van der Waals surface area contributed by atoms with E-state index in [0.29, 0.717) is 17.1 Å². The molecule has 25 heavy (non-hydrogen) atoms. The highest BCUT2D eigenvalue weighted by atomic mass is 35.5. The molecule has 0 aliphatic carbocycles. The normalized spacial score (nSPS) is 11.5. The van der Waals surface area contributed by atoms with Gasteiger partial charge in [0, 0.05) is 29.9 Å². The Hall–Kier alpha value is -2.06. The summed E-state index contributed by atoms with van der Waals surface area (Å²) in [6.45, 7) is 3.78. The Bertz CT molecular complexity index is 730. The lowest BCUT2D eigenvalue weighted by Gasteiger charge is -2.15. The number of rotatable bonds is 6. The number of anilines is 3. The summed E-state index contributed by atoms with van der Waals surface area (Å²) < 4.78 is 39.2. The van der Waals surface area contributed by atoms with Gasteiger partial charge in [0.1, 0.15) is 5.82 Å². The van der Waals surface area contributed by atoms with Crippen molar-refractivity contribution in [3.63, 3.8) is 0 Å². The van der Waals surface area contributed by atoms with Gasteiger partial charge in [-0.1, -0.05) is 11.6 Å². The molecule has 1 heterocycles. The zero-order valence-electron chi connectivity index (χ0n) is 13.7. The molecule has 0 radical (unpaired) electrons. The highest BCUT2D eigenvalue weighted by Crippen LogP contribution is 2.32. The Labute approximate surface area is 148 Å². The number of aliphatic hydroxyl groups excluding tert-OH is 1. The van der Waals surface area contributed by atoms with Crippen LogP contribution < -0.4 is 10.6 Å². The third-order valence-corrected chi connectivity index (χ3v) is 3.60. The monoisotopic (exact) mass is 374 g/mol. The number of nitrogens with one attached hydrogen (secondary N) is 2. The van der Waals surface area contributed by atoms with Crippen LogP contribution in [0.15, 0.2) is 18.2 Å². The summed E-state index contributed by atoms with van der Waals surface area (Å²) in [6, 6.07) is 4.27. The molecule has 1 aromatic carbocycles. The summed E-state index contributed by atoms with van der Waals surface area (Å²) in [6.07, 6.45) is -4.23. The maximum Gasteiger partial charge on any atom is 0.433 e. The second kappa shape index (κ2) is 7.88. The molecule has 9 heteroatoms. The molecule has 2 aromatic rings. The highest BCUT2D eigenvalue weighted by molar-refractivity contribution is 6.30. The second-order valence-electron chi connectivity index (χ2n) is 5.50. The summed E-state index contributed by atoms with van der Waals surface area (Å²) in [5.41, 5.74) is 1.15. The molecule has 0 aliphatic heterocycles. The molecular weight excluding hydrogens is 357 g/mol.